The van der Waals surface area contributed by atoms with Gasteiger partial charge in [-0.15, -0.1) is 0 Å². The van der Waals surface area contributed by atoms with Crippen LogP contribution in [-0.2, 0) is 7.05 Å². The summed E-state index contributed by atoms with van der Waals surface area (Å²) in [5, 5.41) is 3.38. The number of hydrogen-bond acceptors (Lipinski definition) is 3. The van der Waals surface area contributed by atoms with Gasteiger partial charge in [-0.05, 0) is 25.5 Å². The van der Waals surface area contributed by atoms with Crippen molar-refractivity contribution < 1.29 is 4.39 Å². The molecule has 0 saturated carbocycles. The van der Waals surface area contributed by atoms with E-state index in [9.17, 15) is 4.39 Å². The Morgan fingerprint density at radius 2 is 2.06 bits per heavy atom. The first-order chi connectivity index (χ1) is 8.58. The van der Waals surface area contributed by atoms with Crippen LogP contribution < -0.4 is 5.32 Å². The van der Waals surface area contributed by atoms with Crippen molar-refractivity contribution in [1.29, 1.82) is 0 Å². The van der Waals surface area contributed by atoms with Gasteiger partial charge in [-0.3, -0.25) is 4.98 Å². The molecule has 0 aliphatic carbocycles. The summed E-state index contributed by atoms with van der Waals surface area (Å²) in [6, 6.07) is 1.60. The van der Waals surface area contributed by atoms with Gasteiger partial charge < -0.3 is 9.88 Å². The van der Waals surface area contributed by atoms with Crippen molar-refractivity contribution in [3.63, 3.8) is 0 Å². The Kier molecular flexibility index (Phi) is 3.72. The monoisotopic (exact) mass is 248 g/mol. The van der Waals surface area contributed by atoms with Gasteiger partial charge in [-0.25, -0.2) is 9.37 Å². The molecule has 2 rings (SSSR count). The van der Waals surface area contributed by atoms with Crippen LogP contribution in [-0.4, -0.2) is 14.5 Å². The lowest BCUT2D eigenvalue weighted by Crippen LogP contribution is -2.24. The highest BCUT2D eigenvalue weighted by atomic mass is 19.1. The molecular formula is C13H17FN4. The number of aromatic nitrogens is 3. The number of halogens is 1. The van der Waals surface area contributed by atoms with Crippen LogP contribution in [0.25, 0.3) is 0 Å². The molecule has 96 valence electrons. The third-order valence-electron chi connectivity index (χ3n) is 2.97. The first kappa shape index (κ1) is 12.7. The van der Waals surface area contributed by atoms with Crippen molar-refractivity contribution in [3.05, 3.63) is 48.1 Å². The highest BCUT2D eigenvalue weighted by molar-refractivity contribution is 5.15. The molecule has 0 amide bonds. The Labute approximate surface area is 106 Å². The van der Waals surface area contributed by atoms with Crippen LogP contribution in [0.3, 0.4) is 0 Å². The third-order valence-corrected chi connectivity index (χ3v) is 2.97. The van der Waals surface area contributed by atoms with Crippen molar-refractivity contribution in [2.24, 2.45) is 7.05 Å². The summed E-state index contributed by atoms with van der Waals surface area (Å²) in [5.74, 6) is 0.636. The molecule has 2 atom stereocenters. The quantitative estimate of drug-likeness (QED) is 0.903. The minimum absolute atomic E-state index is 0.0138. The van der Waals surface area contributed by atoms with E-state index in [2.05, 4.69) is 15.3 Å². The molecule has 4 nitrogen and oxygen atoms in total. The minimum Gasteiger partial charge on any atom is -0.337 e. The number of pyridine rings is 1. The van der Waals surface area contributed by atoms with Gasteiger partial charge in [0.15, 0.2) is 0 Å². The number of nitrogens with zero attached hydrogens (tertiary/aromatic N) is 3. The van der Waals surface area contributed by atoms with Crippen LogP contribution in [0.15, 0.2) is 30.9 Å². The number of rotatable bonds is 4. The Hall–Kier alpha value is -1.75. The van der Waals surface area contributed by atoms with Crippen LogP contribution in [0.4, 0.5) is 4.39 Å². The second kappa shape index (κ2) is 5.27. The predicted molar refractivity (Wildman–Crippen MR) is 67.4 cm³/mol. The number of aryl methyl sites for hydroxylation is 1. The molecule has 2 aromatic heterocycles. The zero-order valence-electron chi connectivity index (χ0n) is 10.8. The van der Waals surface area contributed by atoms with Crippen molar-refractivity contribution in [2.45, 2.75) is 25.9 Å². The molecule has 2 aromatic rings. The lowest BCUT2D eigenvalue weighted by Gasteiger charge is -2.19. The summed E-state index contributed by atoms with van der Waals surface area (Å²) >= 11 is 0. The molecule has 0 saturated heterocycles. The molecule has 2 heterocycles. The lowest BCUT2D eigenvalue weighted by atomic mass is 10.1. The van der Waals surface area contributed by atoms with Crippen LogP contribution in [0.1, 0.15) is 37.3 Å². The number of nitrogens with one attached hydrogen (secondary N) is 1. The van der Waals surface area contributed by atoms with Gasteiger partial charge in [0.1, 0.15) is 11.6 Å². The van der Waals surface area contributed by atoms with E-state index in [-0.39, 0.29) is 17.9 Å². The minimum atomic E-state index is -0.314. The molecule has 18 heavy (non-hydrogen) atoms. The topological polar surface area (TPSA) is 42.7 Å². The van der Waals surface area contributed by atoms with Gasteiger partial charge in [-0.1, -0.05) is 0 Å². The molecule has 0 bridgehead atoms. The summed E-state index contributed by atoms with van der Waals surface area (Å²) in [4.78, 5) is 8.15. The molecular weight excluding hydrogens is 231 g/mol. The first-order valence-corrected chi connectivity index (χ1v) is 5.91. The largest absolute Gasteiger partial charge is 0.337 e. The molecule has 0 spiro atoms. The van der Waals surface area contributed by atoms with Gasteiger partial charge >= 0.3 is 0 Å². The predicted octanol–water partition coefficient (Wildman–Crippen LogP) is 2.37. The molecule has 0 aliphatic rings. The molecule has 0 fully saturated rings. The van der Waals surface area contributed by atoms with E-state index in [0.29, 0.717) is 0 Å². The van der Waals surface area contributed by atoms with Gasteiger partial charge in [0.05, 0.1) is 12.2 Å². The van der Waals surface area contributed by atoms with E-state index in [4.69, 9.17) is 0 Å². The summed E-state index contributed by atoms with van der Waals surface area (Å²) in [6.45, 7) is 4.02. The summed E-state index contributed by atoms with van der Waals surface area (Å²) in [5.41, 5.74) is 0.830. The second-order valence-corrected chi connectivity index (χ2v) is 4.44. The average molecular weight is 248 g/mol. The Balaban J connectivity index is 2.08. The molecule has 0 aliphatic heterocycles. The third kappa shape index (κ3) is 2.73. The normalized spacial score (nSPS) is 14.4. The highest BCUT2D eigenvalue weighted by Crippen LogP contribution is 2.17. The van der Waals surface area contributed by atoms with Crippen molar-refractivity contribution >= 4 is 0 Å². The Bertz CT molecular complexity index is 523. The standard InChI is InChI=1S/C13H17FN4/c1-9(11-6-12(14)8-15-7-11)17-10(2)13-16-4-5-18(13)3/h4-10,17H,1-3H3. The molecule has 2 unspecified atom stereocenters. The SMILES string of the molecule is CC(NC(C)c1nccn1C)c1cncc(F)c1. The highest BCUT2D eigenvalue weighted by Gasteiger charge is 2.14. The smallest absolute Gasteiger partial charge is 0.141 e. The maximum absolute atomic E-state index is 13.1. The summed E-state index contributed by atoms with van der Waals surface area (Å²) in [7, 11) is 1.95. The summed E-state index contributed by atoms with van der Waals surface area (Å²) < 4.78 is 15.1. The average Bonchev–Trinajstić information content (AvgIpc) is 2.75. The fourth-order valence-electron chi connectivity index (χ4n) is 2.01. The van der Waals surface area contributed by atoms with E-state index in [0.717, 1.165) is 11.4 Å². The zero-order chi connectivity index (χ0) is 13.1. The van der Waals surface area contributed by atoms with Crippen LogP contribution in [0, 0.1) is 5.82 Å². The maximum Gasteiger partial charge on any atom is 0.141 e. The van der Waals surface area contributed by atoms with Gasteiger partial charge in [0.2, 0.25) is 0 Å². The van der Waals surface area contributed by atoms with Crippen LogP contribution >= 0.6 is 0 Å². The van der Waals surface area contributed by atoms with E-state index >= 15 is 0 Å². The van der Waals surface area contributed by atoms with Crippen molar-refractivity contribution in [3.8, 4) is 0 Å². The number of imidazole rings is 1. The number of hydrogen-bond donors (Lipinski definition) is 1. The summed E-state index contributed by atoms with van der Waals surface area (Å²) in [6.07, 6.45) is 6.55. The van der Waals surface area contributed by atoms with E-state index < -0.39 is 0 Å². The van der Waals surface area contributed by atoms with E-state index in [1.165, 1.54) is 12.3 Å². The first-order valence-electron chi connectivity index (χ1n) is 5.91. The van der Waals surface area contributed by atoms with Crippen molar-refractivity contribution in [1.82, 2.24) is 19.9 Å². The van der Waals surface area contributed by atoms with Crippen LogP contribution in [0.2, 0.25) is 0 Å². The second-order valence-electron chi connectivity index (χ2n) is 4.44. The molecule has 0 aromatic carbocycles. The molecule has 5 heteroatoms. The van der Waals surface area contributed by atoms with Crippen LogP contribution in [0.5, 0.6) is 0 Å². The Morgan fingerprint density at radius 3 is 2.67 bits per heavy atom. The van der Waals surface area contributed by atoms with E-state index in [1.54, 1.807) is 12.4 Å². The molecule has 0 radical (unpaired) electrons. The lowest BCUT2D eigenvalue weighted by molar-refractivity contribution is 0.464. The zero-order valence-corrected chi connectivity index (χ0v) is 10.8. The Morgan fingerprint density at radius 1 is 1.28 bits per heavy atom. The van der Waals surface area contributed by atoms with E-state index in [1.807, 2.05) is 31.7 Å². The maximum atomic E-state index is 13.1. The fourth-order valence-corrected chi connectivity index (χ4v) is 2.01. The van der Waals surface area contributed by atoms with Gasteiger partial charge in [0.25, 0.3) is 0 Å². The van der Waals surface area contributed by atoms with Gasteiger partial charge in [-0.2, -0.15) is 0 Å². The van der Waals surface area contributed by atoms with Gasteiger partial charge in [0, 0.05) is 31.7 Å². The molecule has 1 N–H and O–H groups in total. The van der Waals surface area contributed by atoms with Crippen molar-refractivity contribution in [2.75, 3.05) is 0 Å². The fraction of sp³-hybridized carbons (Fsp3) is 0.385.